The lowest BCUT2D eigenvalue weighted by Gasteiger charge is -2.33. The number of anilines is 1. The number of carboxylic acids is 1. The number of carbonyl (C=O) groups excluding carboxylic acids is 1. The molecule has 3 fully saturated rings. The summed E-state index contributed by atoms with van der Waals surface area (Å²) in [5.41, 5.74) is 0.722. The van der Waals surface area contributed by atoms with Crippen molar-refractivity contribution in [1.29, 1.82) is 0 Å². The summed E-state index contributed by atoms with van der Waals surface area (Å²) < 4.78 is 10.8. The molecule has 26 heavy (non-hydrogen) atoms. The van der Waals surface area contributed by atoms with Crippen molar-refractivity contribution in [3.8, 4) is 0 Å². The highest BCUT2D eigenvalue weighted by Crippen LogP contribution is 2.42. The second kappa shape index (κ2) is 6.89. The molecule has 0 radical (unpaired) electrons. The van der Waals surface area contributed by atoms with Crippen LogP contribution in [-0.2, 0) is 14.3 Å². The number of carboxylic acid groups (broad SMARTS) is 1. The maximum Gasteiger partial charge on any atom is 0.314 e. The summed E-state index contributed by atoms with van der Waals surface area (Å²) in [6.45, 7) is 4.59. The van der Waals surface area contributed by atoms with E-state index >= 15 is 0 Å². The predicted molar refractivity (Wildman–Crippen MR) is 94.4 cm³/mol. The second-order valence-electron chi connectivity index (χ2n) is 7.33. The van der Waals surface area contributed by atoms with Crippen molar-refractivity contribution >= 4 is 17.6 Å². The van der Waals surface area contributed by atoms with Crippen molar-refractivity contribution < 1.29 is 24.2 Å². The van der Waals surface area contributed by atoms with Gasteiger partial charge in [-0.2, -0.15) is 0 Å². The molecule has 1 N–H and O–H groups in total. The monoisotopic (exact) mass is 360 g/mol. The third-order valence-corrected chi connectivity index (χ3v) is 5.87. The van der Waals surface area contributed by atoms with Crippen molar-refractivity contribution in [3.05, 3.63) is 29.8 Å². The van der Waals surface area contributed by atoms with Gasteiger partial charge in [0.2, 0.25) is 0 Å². The van der Waals surface area contributed by atoms with Gasteiger partial charge in [0.05, 0.1) is 19.8 Å². The molecule has 3 aliphatic heterocycles. The lowest BCUT2D eigenvalue weighted by molar-refractivity contribution is -0.159. The average molecular weight is 360 g/mol. The molecule has 4 rings (SSSR count). The van der Waals surface area contributed by atoms with Gasteiger partial charge in [-0.05, 0) is 36.6 Å². The Morgan fingerprint density at radius 1 is 1.08 bits per heavy atom. The number of hydrogen-bond acceptors (Lipinski definition) is 5. The van der Waals surface area contributed by atoms with Gasteiger partial charge in [0.15, 0.2) is 0 Å². The summed E-state index contributed by atoms with van der Waals surface area (Å²) in [5, 5.41) is 9.72. The maximum atomic E-state index is 12.9. The molecule has 0 aromatic heterocycles. The van der Waals surface area contributed by atoms with Crippen LogP contribution < -0.4 is 4.90 Å². The number of likely N-dealkylation sites (tertiary alicyclic amines) is 1. The van der Waals surface area contributed by atoms with E-state index in [1.54, 1.807) is 4.90 Å². The van der Waals surface area contributed by atoms with Crippen molar-refractivity contribution in [2.45, 2.75) is 6.42 Å². The molecular weight excluding hydrogens is 336 g/mol. The predicted octanol–water partition coefficient (Wildman–Crippen LogP) is 1.09. The van der Waals surface area contributed by atoms with Crippen LogP contribution in [0, 0.1) is 11.3 Å². The number of benzene rings is 1. The van der Waals surface area contributed by atoms with E-state index in [1.165, 1.54) is 0 Å². The molecule has 140 valence electrons. The molecule has 3 saturated heterocycles. The first-order chi connectivity index (χ1) is 12.6. The third kappa shape index (κ3) is 2.95. The van der Waals surface area contributed by atoms with Gasteiger partial charge in [-0.3, -0.25) is 9.59 Å². The zero-order valence-electron chi connectivity index (χ0n) is 14.7. The molecule has 7 nitrogen and oxygen atoms in total. The van der Waals surface area contributed by atoms with Crippen molar-refractivity contribution in [2.75, 3.05) is 57.5 Å². The Labute approximate surface area is 152 Å². The third-order valence-electron chi connectivity index (χ3n) is 5.87. The lowest BCUT2D eigenvalue weighted by atomic mass is 9.76. The summed E-state index contributed by atoms with van der Waals surface area (Å²) in [6.07, 6.45) is 0.687. The van der Waals surface area contributed by atoms with Crippen LogP contribution in [0.2, 0.25) is 0 Å². The molecule has 7 heteroatoms. The molecule has 3 heterocycles. The van der Waals surface area contributed by atoms with Crippen molar-refractivity contribution in [2.24, 2.45) is 11.3 Å². The van der Waals surface area contributed by atoms with E-state index in [2.05, 4.69) is 4.90 Å². The normalized spacial score (nSPS) is 28.7. The topological polar surface area (TPSA) is 79.3 Å². The average Bonchev–Trinajstić information content (AvgIpc) is 3.09. The highest BCUT2D eigenvalue weighted by molar-refractivity contribution is 5.95. The van der Waals surface area contributed by atoms with Crippen LogP contribution in [0.5, 0.6) is 0 Å². The molecule has 0 unspecified atom stereocenters. The molecular formula is C19H24N2O5. The smallest absolute Gasteiger partial charge is 0.314 e. The van der Waals surface area contributed by atoms with Crippen LogP contribution >= 0.6 is 0 Å². The Bertz CT molecular complexity index is 686. The molecule has 0 aliphatic carbocycles. The fraction of sp³-hybridized carbons (Fsp3) is 0.579. The van der Waals surface area contributed by atoms with Crippen LogP contribution in [0.1, 0.15) is 16.8 Å². The number of morpholine rings is 1. The molecule has 3 aliphatic rings. The summed E-state index contributed by atoms with van der Waals surface area (Å²) >= 11 is 0. The number of hydrogen-bond donors (Lipinski definition) is 1. The number of ether oxygens (including phenoxy) is 2. The van der Waals surface area contributed by atoms with Crippen LogP contribution in [0.4, 0.5) is 5.69 Å². The molecule has 0 bridgehead atoms. The molecule has 1 aromatic carbocycles. The number of nitrogens with zero attached hydrogens (tertiary/aromatic N) is 2. The summed E-state index contributed by atoms with van der Waals surface area (Å²) in [4.78, 5) is 28.7. The zero-order chi connectivity index (χ0) is 18.1. The second-order valence-corrected chi connectivity index (χ2v) is 7.33. The van der Waals surface area contributed by atoms with Gasteiger partial charge < -0.3 is 24.4 Å². The summed E-state index contributed by atoms with van der Waals surface area (Å²) in [5.74, 6) is -1.00. The van der Waals surface area contributed by atoms with E-state index in [-0.39, 0.29) is 25.0 Å². The molecule has 1 amide bonds. The number of amides is 1. The van der Waals surface area contributed by atoms with Crippen LogP contribution in [0.25, 0.3) is 0 Å². The van der Waals surface area contributed by atoms with E-state index in [9.17, 15) is 14.7 Å². The Kier molecular flexibility index (Phi) is 4.58. The Morgan fingerprint density at radius 3 is 2.46 bits per heavy atom. The van der Waals surface area contributed by atoms with Gasteiger partial charge >= 0.3 is 5.97 Å². The quantitative estimate of drug-likeness (QED) is 0.869. The number of carbonyl (C=O) groups is 2. The molecule has 0 spiro atoms. The first-order valence-electron chi connectivity index (χ1n) is 9.13. The van der Waals surface area contributed by atoms with E-state index in [4.69, 9.17) is 9.47 Å². The fourth-order valence-corrected chi connectivity index (χ4v) is 4.26. The SMILES string of the molecule is O=C(c1ccc(N2CCOCC2)cc1)N1C[C@H]2CCOC[C@@]2(C(=O)O)C1. The summed E-state index contributed by atoms with van der Waals surface area (Å²) in [6, 6.07) is 7.58. The van der Waals surface area contributed by atoms with Crippen LogP contribution in [0.3, 0.4) is 0 Å². The van der Waals surface area contributed by atoms with Gasteiger partial charge in [-0.1, -0.05) is 0 Å². The number of aliphatic carboxylic acids is 1. The van der Waals surface area contributed by atoms with E-state index in [0.717, 1.165) is 32.0 Å². The Balaban J connectivity index is 1.48. The Morgan fingerprint density at radius 2 is 1.81 bits per heavy atom. The van der Waals surface area contributed by atoms with Gasteiger partial charge in [-0.15, -0.1) is 0 Å². The van der Waals surface area contributed by atoms with Crippen LogP contribution in [0.15, 0.2) is 24.3 Å². The van der Waals surface area contributed by atoms with E-state index in [0.29, 0.717) is 25.1 Å². The van der Waals surface area contributed by atoms with Gasteiger partial charge in [-0.25, -0.2) is 0 Å². The van der Waals surface area contributed by atoms with Gasteiger partial charge in [0.1, 0.15) is 5.41 Å². The van der Waals surface area contributed by atoms with E-state index in [1.807, 2.05) is 24.3 Å². The maximum absolute atomic E-state index is 12.9. The number of fused-ring (bicyclic) bond motifs is 1. The minimum Gasteiger partial charge on any atom is -0.481 e. The first-order valence-corrected chi connectivity index (χ1v) is 9.13. The minimum absolute atomic E-state index is 0.0367. The lowest BCUT2D eigenvalue weighted by Crippen LogP contribution is -2.46. The zero-order valence-corrected chi connectivity index (χ0v) is 14.7. The standard InChI is InChI=1S/C19H24N2O5/c22-17(14-1-3-16(4-2-14)20-6-9-25-10-7-20)21-11-15-5-8-26-13-19(15,12-21)18(23)24/h1-4,15H,5-13H2,(H,23,24)/t15-,19+/m1/s1. The van der Waals surface area contributed by atoms with E-state index < -0.39 is 11.4 Å². The fourth-order valence-electron chi connectivity index (χ4n) is 4.26. The number of rotatable bonds is 3. The molecule has 0 saturated carbocycles. The summed E-state index contributed by atoms with van der Waals surface area (Å²) in [7, 11) is 0. The van der Waals surface area contributed by atoms with Gasteiger partial charge in [0.25, 0.3) is 5.91 Å². The van der Waals surface area contributed by atoms with Crippen molar-refractivity contribution in [3.63, 3.8) is 0 Å². The molecule has 1 aromatic rings. The highest BCUT2D eigenvalue weighted by atomic mass is 16.5. The first kappa shape index (κ1) is 17.3. The van der Waals surface area contributed by atoms with Gasteiger partial charge in [0, 0.05) is 44.0 Å². The highest BCUT2D eigenvalue weighted by Gasteiger charge is 2.55. The largest absolute Gasteiger partial charge is 0.481 e. The molecule has 2 atom stereocenters. The minimum atomic E-state index is -0.957. The Hall–Kier alpha value is -2.12. The van der Waals surface area contributed by atoms with Crippen LogP contribution in [-0.4, -0.2) is 74.5 Å². The van der Waals surface area contributed by atoms with Crippen molar-refractivity contribution in [1.82, 2.24) is 4.90 Å².